The first-order valence-corrected chi connectivity index (χ1v) is 6.99. The molecule has 0 spiro atoms. The van der Waals surface area contributed by atoms with Gasteiger partial charge in [0.05, 0.1) is 5.69 Å². The molecule has 0 aliphatic heterocycles. The minimum Gasteiger partial charge on any atom is -0.374 e. The third kappa shape index (κ3) is 2.80. The lowest BCUT2D eigenvalue weighted by atomic mass is 10.3. The SMILES string of the molecule is CCOCc1nc(NC)cc(-n2ccc(C3CC3)n2)n1. The normalized spacial score (nSPS) is 14.5. The molecular weight excluding hydrogens is 254 g/mol. The molecule has 0 radical (unpaired) electrons. The molecule has 0 atom stereocenters. The van der Waals surface area contributed by atoms with E-state index in [-0.39, 0.29) is 0 Å². The maximum atomic E-state index is 5.38. The standard InChI is InChI=1S/C14H19N5O/c1-3-20-9-13-16-12(15-2)8-14(17-13)19-7-6-11(18-19)10-4-5-10/h6-8,10H,3-5,9H2,1-2H3,(H,15,16,17). The fraction of sp³-hybridized carbons (Fsp3) is 0.500. The van der Waals surface area contributed by atoms with Crippen LogP contribution in [-0.4, -0.2) is 33.4 Å². The summed E-state index contributed by atoms with van der Waals surface area (Å²) in [5.41, 5.74) is 1.15. The number of hydrogen-bond acceptors (Lipinski definition) is 5. The van der Waals surface area contributed by atoms with E-state index < -0.39 is 0 Å². The van der Waals surface area contributed by atoms with Crippen LogP contribution in [0.2, 0.25) is 0 Å². The van der Waals surface area contributed by atoms with Crippen molar-refractivity contribution < 1.29 is 4.74 Å². The molecule has 106 valence electrons. The summed E-state index contributed by atoms with van der Waals surface area (Å²) < 4.78 is 7.19. The van der Waals surface area contributed by atoms with Gasteiger partial charge in [0.2, 0.25) is 0 Å². The predicted molar refractivity (Wildman–Crippen MR) is 76.0 cm³/mol. The topological polar surface area (TPSA) is 64.9 Å². The van der Waals surface area contributed by atoms with Gasteiger partial charge in [-0.05, 0) is 25.8 Å². The van der Waals surface area contributed by atoms with Crippen molar-refractivity contribution in [2.75, 3.05) is 19.0 Å². The van der Waals surface area contributed by atoms with Crippen LogP contribution in [0.15, 0.2) is 18.3 Å². The highest BCUT2D eigenvalue weighted by molar-refractivity contribution is 5.41. The summed E-state index contributed by atoms with van der Waals surface area (Å²) in [5.74, 6) is 2.85. The fourth-order valence-corrected chi connectivity index (χ4v) is 2.05. The minimum absolute atomic E-state index is 0.412. The molecule has 0 amide bonds. The predicted octanol–water partition coefficient (Wildman–Crippen LogP) is 2.12. The molecule has 20 heavy (non-hydrogen) atoms. The number of ether oxygens (including phenoxy) is 1. The number of nitrogens with zero attached hydrogens (tertiary/aromatic N) is 4. The number of nitrogens with one attached hydrogen (secondary N) is 1. The highest BCUT2D eigenvalue weighted by Gasteiger charge is 2.26. The van der Waals surface area contributed by atoms with Crippen LogP contribution < -0.4 is 5.32 Å². The highest BCUT2D eigenvalue weighted by Crippen LogP contribution is 2.38. The van der Waals surface area contributed by atoms with E-state index in [9.17, 15) is 0 Å². The molecule has 0 bridgehead atoms. The Labute approximate surface area is 118 Å². The molecule has 6 nitrogen and oxygen atoms in total. The lowest BCUT2D eigenvalue weighted by Crippen LogP contribution is -2.08. The van der Waals surface area contributed by atoms with E-state index in [1.165, 1.54) is 12.8 Å². The third-order valence-electron chi connectivity index (χ3n) is 3.29. The van der Waals surface area contributed by atoms with Gasteiger partial charge in [-0.15, -0.1) is 0 Å². The van der Waals surface area contributed by atoms with Crippen molar-refractivity contribution in [1.82, 2.24) is 19.7 Å². The van der Waals surface area contributed by atoms with Crippen LogP contribution in [0.1, 0.15) is 37.2 Å². The molecule has 6 heteroatoms. The van der Waals surface area contributed by atoms with Gasteiger partial charge in [-0.3, -0.25) is 0 Å². The zero-order valence-electron chi connectivity index (χ0n) is 11.8. The van der Waals surface area contributed by atoms with Crippen LogP contribution in [0.25, 0.3) is 5.82 Å². The number of aromatic nitrogens is 4. The molecule has 1 saturated carbocycles. The van der Waals surface area contributed by atoms with Crippen molar-refractivity contribution in [2.45, 2.75) is 32.3 Å². The molecule has 1 fully saturated rings. The number of hydrogen-bond donors (Lipinski definition) is 1. The Morgan fingerprint density at radius 2 is 2.25 bits per heavy atom. The summed E-state index contributed by atoms with van der Waals surface area (Å²) in [6, 6.07) is 3.96. The van der Waals surface area contributed by atoms with Crippen molar-refractivity contribution in [3.8, 4) is 5.82 Å². The van der Waals surface area contributed by atoms with Crippen molar-refractivity contribution in [2.24, 2.45) is 0 Å². The van der Waals surface area contributed by atoms with Crippen molar-refractivity contribution in [1.29, 1.82) is 0 Å². The van der Waals surface area contributed by atoms with Crippen LogP contribution >= 0.6 is 0 Å². The smallest absolute Gasteiger partial charge is 0.159 e. The van der Waals surface area contributed by atoms with Gasteiger partial charge in [0.15, 0.2) is 11.6 Å². The largest absolute Gasteiger partial charge is 0.374 e. The second-order valence-electron chi connectivity index (χ2n) is 4.87. The van der Waals surface area contributed by atoms with Gasteiger partial charge in [-0.1, -0.05) is 0 Å². The Kier molecular flexibility index (Phi) is 3.64. The highest BCUT2D eigenvalue weighted by atomic mass is 16.5. The molecule has 0 saturated heterocycles. The molecule has 3 rings (SSSR count). The van der Waals surface area contributed by atoms with Gasteiger partial charge in [0, 0.05) is 31.8 Å². The van der Waals surface area contributed by atoms with Gasteiger partial charge in [0.25, 0.3) is 0 Å². The van der Waals surface area contributed by atoms with E-state index in [4.69, 9.17) is 4.74 Å². The zero-order valence-corrected chi connectivity index (χ0v) is 11.8. The van der Waals surface area contributed by atoms with Crippen LogP contribution in [0.3, 0.4) is 0 Å². The molecule has 2 heterocycles. The zero-order chi connectivity index (χ0) is 13.9. The number of rotatable bonds is 6. The maximum absolute atomic E-state index is 5.38. The molecule has 2 aromatic rings. The van der Waals surface area contributed by atoms with E-state index in [2.05, 4.69) is 26.4 Å². The Hall–Kier alpha value is -1.95. The lowest BCUT2D eigenvalue weighted by Gasteiger charge is -2.07. The maximum Gasteiger partial charge on any atom is 0.159 e. The first kappa shape index (κ1) is 13.1. The number of anilines is 1. The quantitative estimate of drug-likeness (QED) is 0.873. The summed E-state index contributed by atoms with van der Waals surface area (Å²) in [5, 5.41) is 7.65. The molecule has 1 aliphatic carbocycles. The second kappa shape index (κ2) is 5.58. The first-order valence-electron chi connectivity index (χ1n) is 6.99. The fourth-order valence-electron chi connectivity index (χ4n) is 2.05. The average Bonchev–Trinajstić information content (AvgIpc) is 3.22. The van der Waals surface area contributed by atoms with Crippen molar-refractivity contribution in [3.63, 3.8) is 0 Å². The van der Waals surface area contributed by atoms with Crippen LogP contribution in [0, 0.1) is 0 Å². The molecule has 1 N–H and O–H groups in total. The van der Waals surface area contributed by atoms with Gasteiger partial charge in [0.1, 0.15) is 12.4 Å². The Bertz CT molecular complexity index is 591. The summed E-state index contributed by atoms with van der Waals surface area (Å²) in [4.78, 5) is 8.89. The summed E-state index contributed by atoms with van der Waals surface area (Å²) in [7, 11) is 1.84. The van der Waals surface area contributed by atoms with Crippen LogP contribution in [-0.2, 0) is 11.3 Å². The Morgan fingerprint density at radius 3 is 2.95 bits per heavy atom. The Morgan fingerprint density at radius 1 is 1.40 bits per heavy atom. The minimum atomic E-state index is 0.412. The van der Waals surface area contributed by atoms with Gasteiger partial charge >= 0.3 is 0 Å². The molecular formula is C14H19N5O. The molecule has 0 unspecified atom stereocenters. The lowest BCUT2D eigenvalue weighted by molar-refractivity contribution is 0.128. The summed E-state index contributed by atoms with van der Waals surface area (Å²) in [6.07, 6.45) is 4.45. The van der Waals surface area contributed by atoms with Crippen molar-refractivity contribution in [3.05, 3.63) is 29.8 Å². The van der Waals surface area contributed by atoms with E-state index in [1.54, 1.807) is 0 Å². The van der Waals surface area contributed by atoms with Gasteiger partial charge < -0.3 is 10.1 Å². The third-order valence-corrected chi connectivity index (χ3v) is 3.29. The van der Waals surface area contributed by atoms with E-state index >= 15 is 0 Å². The van der Waals surface area contributed by atoms with Crippen LogP contribution in [0.4, 0.5) is 5.82 Å². The van der Waals surface area contributed by atoms with E-state index in [1.807, 2.05) is 30.9 Å². The summed E-state index contributed by atoms with van der Waals surface area (Å²) in [6.45, 7) is 3.02. The molecule has 1 aliphatic rings. The monoisotopic (exact) mass is 273 g/mol. The first-order chi connectivity index (χ1) is 9.80. The summed E-state index contributed by atoms with van der Waals surface area (Å²) >= 11 is 0. The molecule has 2 aromatic heterocycles. The van der Waals surface area contributed by atoms with Crippen molar-refractivity contribution >= 4 is 5.82 Å². The molecule has 0 aromatic carbocycles. The average molecular weight is 273 g/mol. The second-order valence-corrected chi connectivity index (χ2v) is 4.87. The van der Waals surface area contributed by atoms with E-state index in [0.29, 0.717) is 25.0 Å². The Balaban J connectivity index is 1.89. The van der Waals surface area contributed by atoms with Gasteiger partial charge in [-0.2, -0.15) is 5.10 Å². The van der Waals surface area contributed by atoms with Crippen LogP contribution in [0.5, 0.6) is 0 Å². The van der Waals surface area contributed by atoms with E-state index in [0.717, 1.165) is 17.3 Å². The van der Waals surface area contributed by atoms with Gasteiger partial charge in [-0.25, -0.2) is 14.6 Å².